The summed E-state index contributed by atoms with van der Waals surface area (Å²) in [6.45, 7) is 3.85. The van der Waals surface area contributed by atoms with E-state index in [1.807, 2.05) is 20.0 Å². The molecule has 1 aliphatic rings. The van der Waals surface area contributed by atoms with Gasteiger partial charge in [-0.3, -0.25) is 0 Å². The number of hydrogen-bond donors (Lipinski definition) is 0. The Kier molecular flexibility index (Phi) is 1.42. The second kappa shape index (κ2) is 2.07. The van der Waals surface area contributed by atoms with Gasteiger partial charge >= 0.3 is 0 Å². The zero-order valence-electron chi connectivity index (χ0n) is 5.35. The third kappa shape index (κ3) is 0.782. The second-order valence-corrected chi connectivity index (χ2v) is 1.90. The van der Waals surface area contributed by atoms with Crippen molar-refractivity contribution in [1.29, 1.82) is 0 Å². The first-order valence-electron chi connectivity index (χ1n) is 2.85. The Bertz CT molecular complexity index is 109. The summed E-state index contributed by atoms with van der Waals surface area (Å²) >= 11 is 0. The van der Waals surface area contributed by atoms with E-state index in [0.717, 1.165) is 19.0 Å². The molecular weight excluding hydrogens is 102 g/mol. The molecule has 0 aromatic rings. The summed E-state index contributed by atoms with van der Waals surface area (Å²) in [4.78, 5) is 2.10. The Morgan fingerprint density at radius 2 is 2.50 bits per heavy atom. The van der Waals surface area contributed by atoms with Crippen molar-refractivity contribution in [3.63, 3.8) is 0 Å². The summed E-state index contributed by atoms with van der Waals surface area (Å²) in [6, 6.07) is 0. The zero-order chi connectivity index (χ0) is 5.98. The van der Waals surface area contributed by atoms with Gasteiger partial charge in [0.2, 0.25) is 0 Å². The highest BCUT2D eigenvalue weighted by molar-refractivity contribution is 4.92. The fourth-order valence-corrected chi connectivity index (χ4v) is 0.811. The predicted molar refractivity (Wildman–Crippen MR) is 32.3 cm³/mol. The fraction of sp³-hybridized carbons (Fsp3) is 0.667. The molecular formula is C6H11NO. The maximum absolute atomic E-state index is 5.20. The lowest BCUT2D eigenvalue weighted by Crippen LogP contribution is -2.10. The third-order valence-electron chi connectivity index (χ3n) is 1.30. The summed E-state index contributed by atoms with van der Waals surface area (Å²) < 4.78 is 5.20. The molecule has 0 aromatic heterocycles. The van der Waals surface area contributed by atoms with Gasteiger partial charge < -0.3 is 9.64 Å². The Labute approximate surface area is 49.7 Å². The molecule has 8 heavy (non-hydrogen) atoms. The highest BCUT2D eigenvalue weighted by Crippen LogP contribution is 2.09. The Hall–Kier alpha value is -0.660. The van der Waals surface area contributed by atoms with Crippen molar-refractivity contribution in [2.45, 2.75) is 6.92 Å². The second-order valence-electron chi connectivity index (χ2n) is 1.90. The van der Waals surface area contributed by atoms with Crippen LogP contribution in [0.15, 0.2) is 12.0 Å². The van der Waals surface area contributed by atoms with Gasteiger partial charge in [0.05, 0.1) is 6.54 Å². The van der Waals surface area contributed by atoms with Crippen LogP contribution in [-0.2, 0) is 4.74 Å². The van der Waals surface area contributed by atoms with Crippen molar-refractivity contribution >= 4 is 0 Å². The highest BCUT2D eigenvalue weighted by Gasteiger charge is 2.10. The Morgan fingerprint density at radius 3 is 2.75 bits per heavy atom. The van der Waals surface area contributed by atoms with Crippen LogP contribution in [0.4, 0.5) is 0 Å². The SMILES string of the molecule is CC=C1OCCN1C. The smallest absolute Gasteiger partial charge is 0.184 e. The van der Waals surface area contributed by atoms with Crippen LogP contribution in [0, 0.1) is 0 Å². The van der Waals surface area contributed by atoms with Gasteiger partial charge in [0, 0.05) is 7.05 Å². The van der Waals surface area contributed by atoms with Gasteiger partial charge in [-0.25, -0.2) is 0 Å². The van der Waals surface area contributed by atoms with Crippen LogP contribution in [-0.4, -0.2) is 25.1 Å². The molecule has 0 saturated carbocycles. The molecule has 0 aliphatic carbocycles. The number of ether oxygens (including phenoxy) is 1. The van der Waals surface area contributed by atoms with Crippen molar-refractivity contribution in [3.05, 3.63) is 12.0 Å². The minimum absolute atomic E-state index is 0.843. The van der Waals surface area contributed by atoms with Gasteiger partial charge in [0.1, 0.15) is 6.61 Å². The molecule has 0 amide bonds. The predicted octanol–water partition coefficient (Wildman–Crippen LogP) is 0.810. The molecule has 0 radical (unpaired) electrons. The van der Waals surface area contributed by atoms with Crippen molar-refractivity contribution < 1.29 is 4.74 Å². The summed E-state index contributed by atoms with van der Waals surface area (Å²) in [5, 5.41) is 0. The van der Waals surface area contributed by atoms with E-state index in [-0.39, 0.29) is 0 Å². The van der Waals surface area contributed by atoms with Gasteiger partial charge in [-0.05, 0) is 13.0 Å². The lowest BCUT2D eigenvalue weighted by atomic mass is 10.6. The van der Waals surface area contributed by atoms with Crippen LogP contribution in [0.5, 0.6) is 0 Å². The monoisotopic (exact) mass is 113 g/mol. The average Bonchev–Trinajstić information content (AvgIpc) is 2.14. The number of nitrogens with zero attached hydrogens (tertiary/aromatic N) is 1. The minimum Gasteiger partial charge on any atom is -0.477 e. The maximum Gasteiger partial charge on any atom is 0.184 e. The quantitative estimate of drug-likeness (QED) is 0.461. The molecule has 0 bridgehead atoms. The third-order valence-corrected chi connectivity index (χ3v) is 1.30. The molecule has 46 valence electrons. The minimum atomic E-state index is 0.843. The van der Waals surface area contributed by atoms with E-state index in [1.165, 1.54) is 0 Å². The topological polar surface area (TPSA) is 12.5 Å². The van der Waals surface area contributed by atoms with Gasteiger partial charge in [-0.1, -0.05) is 0 Å². The van der Waals surface area contributed by atoms with E-state index >= 15 is 0 Å². The standard InChI is InChI=1S/C6H11NO/c1-3-6-7(2)4-5-8-6/h3H,4-5H2,1-2H3. The highest BCUT2D eigenvalue weighted by atomic mass is 16.5. The van der Waals surface area contributed by atoms with Crippen LogP contribution in [0.25, 0.3) is 0 Å². The fourth-order valence-electron chi connectivity index (χ4n) is 0.811. The van der Waals surface area contributed by atoms with E-state index in [2.05, 4.69) is 4.90 Å². The largest absolute Gasteiger partial charge is 0.477 e. The first kappa shape index (κ1) is 5.48. The molecule has 1 aliphatic heterocycles. The van der Waals surface area contributed by atoms with E-state index in [1.54, 1.807) is 0 Å². The average molecular weight is 113 g/mol. The van der Waals surface area contributed by atoms with Crippen LogP contribution in [0.1, 0.15) is 6.92 Å². The van der Waals surface area contributed by atoms with Crippen molar-refractivity contribution in [2.24, 2.45) is 0 Å². The molecule has 0 spiro atoms. The zero-order valence-corrected chi connectivity index (χ0v) is 5.35. The molecule has 0 N–H and O–H groups in total. The Balaban J connectivity index is 2.55. The van der Waals surface area contributed by atoms with Crippen LogP contribution < -0.4 is 0 Å². The molecule has 1 saturated heterocycles. The van der Waals surface area contributed by atoms with Crippen molar-refractivity contribution in [3.8, 4) is 0 Å². The lowest BCUT2D eigenvalue weighted by molar-refractivity contribution is 0.244. The molecule has 0 unspecified atom stereocenters. The lowest BCUT2D eigenvalue weighted by Gasteiger charge is -2.07. The number of likely N-dealkylation sites (N-methyl/N-ethyl adjacent to an activating group) is 1. The molecule has 1 rings (SSSR count). The molecule has 1 heterocycles. The normalized spacial score (nSPS) is 24.2. The molecule has 2 nitrogen and oxygen atoms in total. The van der Waals surface area contributed by atoms with Gasteiger partial charge in [-0.15, -0.1) is 0 Å². The van der Waals surface area contributed by atoms with Gasteiger partial charge in [0.25, 0.3) is 0 Å². The molecule has 2 heteroatoms. The van der Waals surface area contributed by atoms with Gasteiger partial charge in [0.15, 0.2) is 5.88 Å². The first-order valence-corrected chi connectivity index (χ1v) is 2.85. The first-order chi connectivity index (χ1) is 3.84. The summed E-state index contributed by atoms with van der Waals surface area (Å²) in [5.74, 6) is 1.00. The van der Waals surface area contributed by atoms with Crippen molar-refractivity contribution in [1.82, 2.24) is 4.90 Å². The number of allylic oxidation sites excluding steroid dienone is 1. The molecule has 0 aromatic carbocycles. The maximum atomic E-state index is 5.20. The number of hydrogen-bond acceptors (Lipinski definition) is 2. The van der Waals surface area contributed by atoms with Crippen molar-refractivity contribution in [2.75, 3.05) is 20.2 Å². The van der Waals surface area contributed by atoms with Gasteiger partial charge in [-0.2, -0.15) is 0 Å². The van der Waals surface area contributed by atoms with Crippen LogP contribution >= 0.6 is 0 Å². The summed E-state index contributed by atoms with van der Waals surface area (Å²) in [7, 11) is 2.03. The summed E-state index contributed by atoms with van der Waals surface area (Å²) in [6.07, 6.45) is 1.98. The molecule has 1 fully saturated rings. The molecule has 0 atom stereocenters. The number of rotatable bonds is 0. The van der Waals surface area contributed by atoms with Crippen LogP contribution in [0.3, 0.4) is 0 Å². The van der Waals surface area contributed by atoms with Crippen LogP contribution in [0.2, 0.25) is 0 Å². The summed E-state index contributed by atoms with van der Waals surface area (Å²) in [5.41, 5.74) is 0. The van der Waals surface area contributed by atoms with E-state index in [9.17, 15) is 0 Å². The van der Waals surface area contributed by atoms with E-state index in [0.29, 0.717) is 0 Å². The Morgan fingerprint density at radius 1 is 1.75 bits per heavy atom. The van der Waals surface area contributed by atoms with E-state index < -0.39 is 0 Å². The van der Waals surface area contributed by atoms with E-state index in [4.69, 9.17) is 4.74 Å².